The molecular formula is C12H16O2S. The summed E-state index contributed by atoms with van der Waals surface area (Å²) in [5.74, 6) is 0.669. The highest BCUT2D eigenvalue weighted by molar-refractivity contribution is 7.99. The van der Waals surface area contributed by atoms with Crippen LogP contribution in [0.25, 0.3) is 0 Å². The first-order chi connectivity index (χ1) is 7.00. The molecule has 0 atom stereocenters. The van der Waals surface area contributed by atoms with Crippen molar-refractivity contribution in [2.24, 2.45) is 5.92 Å². The second-order valence-corrected chi connectivity index (χ2v) is 5.07. The predicted molar refractivity (Wildman–Crippen MR) is 63.7 cm³/mol. The fourth-order valence-corrected chi connectivity index (χ4v) is 2.28. The highest BCUT2D eigenvalue weighted by Gasteiger charge is 2.10. The summed E-state index contributed by atoms with van der Waals surface area (Å²) < 4.78 is 0. The van der Waals surface area contributed by atoms with Gasteiger partial charge >= 0.3 is 5.97 Å². The average molecular weight is 224 g/mol. The van der Waals surface area contributed by atoms with Gasteiger partial charge in [-0.15, -0.1) is 11.8 Å². The lowest BCUT2D eigenvalue weighted by Gasteiger charge is -2.08. The van der Waals surface area contributed by atoms with E-state index in [1.165, 1.54) is 0 Å². The van der Waals surface area contributed by atoms with Gasteiger partial charge in [-0.2, -0.15) is 0 Å². The van der Waals surface area contributed by atoms with Crippen LogP contribution in [0.5, 0.6) is 0 Å². The lowest BCUT2D eigenvalue weighted by molar-refractivity contribution is 0.0693. The van der Waals surface area contributed by atoms with Gasteiger partial charge in [-0.25, -0.2) is 4.79 Å². The molecule has 3 heteroatoms. The zero-order valence-electron chi connectivity index (χ0n) is 9.28. The molecular weight excluding hydrogens is 208 g/mol. The van der Waals surface area contributed by atoms with Gasteiger partial charge in [0.05, 0.1) is 5.56 Å². The van der Waals surface area contributed by atoms with Crippen LogP contribution in [0.1, 0.15) is 29.8 Å². The van der Waals surface area contributed by atoms with Crippen molar-refractivity contribution in [1.29, 1.82) is 0 Å². The molecule has 0 bridgehead atoms. The Balaban J connectivity index is 2.92. The number of thioether (sulfide) groups is 1. The van der Waals surface area contributed by atoms with E-state index in [1.807, 2.05) is 19.1 Å². The summed E-state index contributed by atoms with van der Waals surface area (Å²) in [7, 11) is 0. The van der Waals surface area contributed by atoms with E-state index in [1.54, 1.807) is 17.8 Å². The minimum Gasteiger partial charge on any atom is -0.478 e. The van der Waals surface area contributed by atoms with Crippen molar-refractivity contribution in [1.82, 2.24) is 0 Å². The van der Waals surface area contributed by atoms with Crippen molar-refractivity contribution in [2.75, 3.05) is 5.75 Å². The summed E-state index contributed by atoms with van der Waals surface area (Å²) in [6.45, 7) is 6.23. The molecule has 0 fully saturated rings. The van der Waals surface area contributed by atoms with Crippen LogP contribution in [0.3, 0.4) is 0 Å². The molecule has 0 radical (unpaired) electrons. The van der Waals surface area contributed by atoms with Crippen LogP contribution in [0.2, 0.25) is 0 Å². The number of hydrogen-bond acceptors (Lipinski definition) is 2. The van der Waals surface area contributed by atoms with Crippen molar-refractivity contribution < 1.29 is 9.90 Å². The number of hydrogen-bond donors (Lipinski definition) is 1. The van der Waals surface area contributed by atoms with Crippen LogP contribution in [0.4, 0.5) is 0 Å². The van der Waals surface area contributed by atoms with Crippen LogP contribution in [0.15, 0.2) is 23.1 Å². The van der Waals surface area contributed by atoms with Crippen LogP contribution in [-0.4, -0.2) is 16.8 Å². The van der Waals surface area contributed by atoms with E-state index in [2.05, 4.69) is 13.8 Å². The summed E-state index contributed by atoms with van der Waals surface area (Å²) in [6, 6.07) is 5.46. The summed E-state index contributed by atoms with van der Waals surface area (Å²) in [5, 5.41) is 9.01. The minimum atomic E-state index is -0.846. The molecule has 0 amide bonds. The van der Waals surface area contributed by atoms with Gasteiger partial charge in [-0.05, 0) is 30.5 Å². The number of carboxylic acid groups (broad SMARTS) is 1. The van der Waals surface area contributed by atoms with Gasteiger partial charge in [-0.3, -0.25) is 0 Å². The normalized spacial score (nSPS) is 10.7. The molecule has 2 nitrogen and oxygen atoms in total. The van der Waals surface area contributed by atoms with Gasteiger partial charge in [0.25, 0.3) is 0 Å². The fraction of sp³-hybridized carbons (Fsp3) is 0.417. The zero-order valence-corrected chi connectivity index (χ0v) is 10.1. The molecule has 0 aromatic heterocycles. The van der Waals surface area contributed by atoms with Gasteiger partial charge in [0, 0.05) is 10.6 Å². The zero-order chi connectivity index (χ0) is 11.4. The highest BCUT2D eigenvalue weighted by atomic mass is 32.2. The van der Waals surface area contributed by atoms with Crippen LogP contribution in [0, 0.1) is 12.8 Å². The molecule has 0 aliphatic carbocycles. The smallest absolute Gasteiger partial charge is 0.336 e. The van der Waals surface area contributed by atoms with Crippen molar-refractivity contribution in [2.45, 2.75) is 25.7 Å². The third-order valence-corrected chi connectivity index (χ3v) is 3.42. The third kappa shape index (κ3) is 3.59. The summed E-state index contributed by atoms with van der Waals surface area (Å²) in [6.07, 6.45) is 0. The molecule has 0 aliphatic heterocycles. The van der Waals surface area contributed by atoms with Crippen molar-refractivity contribution >= 4 is 17.7 Å². The number of aromatic carboxylic acids is 1. The maximum absolute atomic E-state index is 11.0. The van der Waals surface area contributed by atoms with E-state index in [0.717, 1.165) is 16.2 Å². The highest BCUT2D eigenvalue weighted by Crippen LogP contribution is 2.25. The van der Waals surface area contributed by atoms with Crippen molar-refractivity contribution in [3.05, 3.63) is 29.3 Å². The molecule has 0 saturated carbocycles. The fourth-order valence-electron chi connectivity index (χ4n) is 1.18. The Hall–Kier alpha value is -0.960. The lowest BCUT2D eigenvalue weighted by atomic mass is 10.1. The predicted octanol–water partition coefficient (Wildman–Crippen LogP) is 3.44. The average Bonchev–Trinajstić information content (AvgIpc) is 2.14. The molecule has 1 N–H and O–H groups in total. The topological polar surface area (TPSA) is 37.3 Å². The monoisotopic (exact) mass is 224 g/mol. The molecule has 0 heterocycles. The van der Waals surface area contributed by atoms with Crippen molar-refractivity contribution in [3.8, 4) is 0 Å². The van der Waals surface area contributed by atoms with E-state index in [0.29, 0.717) is 11.5 Å². The largest absolute Gasteiger partial charge is 0.478 e. The van der Waals surface area contributed by atoms with Gasteiger partial charge in [0.1, 0.15) is 0 Å². The van der Waals surface area contributed by atoms with E-state index in [-0.39, 0.29) is 0 Å². The quantitative estimate of drug-likeness (QED) is 0.796. The Kier molecular flexibility index (Phi) is 4.21. The van der Waals surface area contributed by atoms with E-state index >= 15 is 0 Å². The minimum absolute atomic E-state index is 0.409. The summed E-state index contributed by atoms with van der Waals surface area (Å²) >= 11 is 1.62. The maximum Gasteiger partial charge on any atom is 0.336 e. The second kappa shape index (κ2) is 5.21. The summed E-state index contributed by atoms with van der Waals surface area (Å²) in [4.78, 5) is 11.8. The number of benzene rings is 1. The molecule has 0 spiro atoms. The number of carbonyl (C=O) groups is 1. The van der Waals surface area contributed by atoms with E-state index in [4.69, 9.17) is 5.11 Å². The second-order valence-electron chi connectivity index (χ2n) is 4.01. The molecule has 1 aromatic carbocycles. The van der Waals surface area contributed by atoms with Crippen LogP contribution >= 0.6 is 11.8 Å². The first-order valence-electron chi connectivity index (χ1n) is 4.97. The number of carboxylic acids is 1. The Morgan fingerprint density at radius 1 is 1.47 bits per heavy atom. The summed E-state index contributed by atoms with van der Waals surface area (Å²) in [5.41, 5.74) is 1.51. The Bertz CT molecular complexity index is 359. The molecule has 0 saturated heterocycles. The molecule has 0 aliphatic rings. The molecule has 82 valence electrons. The lowest BCUT2D eigenvalue weighted by Crippen LogP contribution is -2.00. The Labute approximate surface area is 94.7 Å². The first kappa shape index (κ1) is 12.1. The van der Waals surface area contributed by atoms with Crippen LogP contribution < -0.4 is 0 Å². The third-order valence-electron chi connectivity index (χ3n) is 1.94. The van der Waals surface area contributed by atoms with Crippen LogP contribution in [-0.2, 0) is 0 Å². The van der Waals surface area contributed by atoms with Gasteiger partial charge < -0.3 is 5.11 Å². The molecule has 1 aromatic rings. The van der Waals surface area contributed by atoms with E-state index < -0.39 is 5.97 Å². The van der Waals surface area contributed by atoms with Gasteiger partial charge in [0.2, 0.25) is 0 Å². The standard InChI is InChI=1S/C12H16O2S/c1-8(2)7-15-11-6-9(3)4-5-10(11)12(13)14/h4-6,8H,7H2,1-3H3,(H,13,14). The number of rotatable bonds is 4. The maximum atomic E-state index is 11.0. The van der Waals surface area contributed by atoms with E-state index in [9.17, 15) is 4.79 Å². The SMILES string of the molecule is Cc1ccc(C(=O)O)c(SCC(C)C)c1. The molecule has 0 unspecified atom stereocenters. The Morgan fingerprint density at radius 3 is 2.67 bits per heavy atom. The Morgan fingerprint density at radius 2 is 2.13 bits per heavy atom. The van der Waals surface area contributed by atoms with Gasteiger partial charge in [-0.1, -0.05) is 19.9 Å². The molecule has 1 rings (SSSR count). The van der Waals surface area contributed by atoms with Gasteiger partial charge in [0.15, 0.2) is 0 Å². The first-order valence-corrected chi connectivity index (χ1v) is 5.96. The molecule has 15 heavy (non-hydrogen) atoms. The van der Waals surface area contributed by atoms with Crippen molar-refractivity contribution in [3.63, 3.8) is 0 Å². The number of aryl methyl sites for hydroxylation is 1.